The molecule has 0 amide bonds. The second kappa shape index (κ2) is 8.11. The van der Waals surface area contributed by atoms with Gasteiger partial charge in [0.15, 0.2) is 11.6 Å². The number of rotatable bonds is 6. The summed E-state index contributed by atoms with van der Waals surface area (Å²) in [7, 11) is -4.08. The fourth-order valence-corrected chi connectivity index (χ4v) is 3.95. The van der Waals surface area contributed by atoms with Gasteiger partial charge in [0, 0.05) is 31.4 Å². The summed E-state index contributed by atoms with van der Waals surface area (Å²) >= 11 is 0. The molecule has 0 spiro atoms. The minimum absolute atomic E-state index is 0.151. The topological polar surface area (TPSA) is 74.3 Å². The summed E-state index contributed by atoms with van der Waals surface area (Å²) in [6, 6.07) is 4.97. The molecule has 1 unspecified atom stereocenters. The first-order valence-corrected chi connectivity index (χ1v) is 10.00. The van der Waals surface area contributed by atoms with Crippen LogP contribution in [0.15, 0.2) is 41.4 Å². The van der Waals surface area contributed by atoms with E-state index < -0.39 is 34.4 Å². The molecule has 2 N–H and O–H groups in total. The van der Waals surface area contributed by atoms with Crippen molar-refractivity contribution in [3.8, 4) is 0 Å². The summed E-state index contributed by atoms with van der Waals surface area (Å²) in [4.78, 5) is 5.05. The monoisotopic (exact) mass is 436 g/mol. The molecule has 1 fully saturated rings. The van der Waals surface area contributed by atoms with Crippen LogP contribution in [0.3, 0.4) is 0 Å². The van der Waals surface area contributed by atoms with Crippen LogP contribution < -0.4 is 10.0 Å². The number of nitrogens with one attached hydrogen (secondary N) is 2. The summed E-state index contributed by atoms with van der Waals surface area (Å²) in [6.07, 6.45) is -2.70. The lowest BCUT2D eigenvalue weighted by Crippen LogP contribution is -2.34. The Morgan fingerprint density at radius 2 is 1.90 bits per heavy atom. The van der Waals surface area contributed by atoms with Gasteiger partial charge in [-0.2, -0.15) is 13.2 Å². The Balaban J connectivity index is 1.61. The molecule has 0 aliphatic carbocycles. The summed E-state index contributed by atoms with van der Waals surface area (Å²) in [5.41, 5.74) is -0.151. The first-order chi connectivity index (χ1) is 13.5. The normalized spacial score (nSPS) is 18.0. The highest BCUT2D eigenvalue weighted by molar-refractivity contribution is 7.92. The zero-order valence-electron chi connectivity index (χ0n) is 14.9. The molecule has 1 aromatic heterocycles. The molecular weight excluding hydrogens is 419 g/mol. The molecule has 1 aromatic carbocycles. The van der Waals surface area contributed by atoms with Crippen LogP contribution >= 0.6 is 0 Å². The van der Waals surface area contributed by atoms with Gasteiger partial charge in [-0.1, -0.05) is 0 Å². The number of anilines is 2. The summed E-state index contributed by atoms with van der Waals surface area (Å²) in [6.45, 7) is -0.494. The second-order valence-electron chi connectivity index (χ2n) is 6.59. The van der Waals surface area contributed by atoms with Crippen LogP contribution in [0.4, 0.5) is 33.5 Å². The van der Waals surface area contributed by atoms with Crippen molar-refractivity contribution in [2.45, 2.75) is 23.5 Å². The molecule has 3 rings (SSSR count). The Kier molecular flexibility index (Phi) is 5.94. The summed E-state index contributed by atoms with van der Waals surface area (Å²) < 4.78 is 90.3. The van der Waals surface area contributed by atoms with Gasteiger partial charge in [-0.3, -0.25) is 9.62 Å². The molecule has 1 saturated heterocycles. The molecule has 1 aliphatic rings. The van der Waals surface area contributed by atoms with E-state index in [4.69, 9.17) is 0 Å². The maximum atomic E-state index is 13.2. The molecule has 1 atom stereocenters. The maximum absolute atomic E-state index is 13.2. The van der Waals surface area contributed by atoms with Crippen LogP contribution in [-0.2, 0) is 10.0 Å². The van der Waals surface area contributed by atoms with Crippen molar-refractivity contribution in [1.82, 2.24) is 9.88 Å². The van der Waals surface area contributed by atoms with Crippen LogP contribution in [0.1, 0.15) is 6.42 Å². The Labute approximate surface area is 163 Å². The van der Waals surface area contributed by atoms with Gasteiger partial charge in [-0.05, 0) is 30.7 Å². The first kappa shape index (κ1) is 21.2. The molecule has 12 heteroatoms. The van der Waals surface area contributed by atoms with Crippen molar-refractivity contribution in [1.29, 1.82) is 0 Å². The first-order valence-electron chi connectivity index (χ1n) is 8.51. The number of sulfonamides is 1. The highest BCUT2D eigenvalue weighted by Gasteiger charge is 2.34. The minimum Gasteiger partial charge on any atom is -0.366 e. The lowest BCUT2D eigenvalue weighted by molar-refractivity contribution is -0.143. The average molecular weight is 436 g/mol. The number of alkyl halides is 3. The largest absolute Gasteiger partial charge is 0.401 e. The van der Waals surface area contributed by atoms with Gasteiger partial charge in [-0.15, -0.1) is 0 Å². The van der Waals surface area contributed by atoms with E-state index in [0.29, 0.717) is 24.8 Å². The third kappa shape index (κ3) is 5.76. The molecule has 0 radical (unpaired) electrons. The number of aromatic nitrogens is 1. The van der Waals surface area contributed by atoms with Gasteiger partial charge in [0.05, 0.1) is 12.2 Å². The number of benzene rings is 1. The number of likely N-dealkylation sites (tertiary alicyclic amines) is 1. The maximum Gasteiger partial charge on any atom is 0.401 e. The van der Waals surface area contributed by atoms with Crippen LogP contribution in [0.2, 0.25) is 0 Å². The van der Waals surface area contributed by atoms with E-state index in [1.54, 1.807) is 0 Å². The number of hydrogen-bond acceptors (Lipinski definition) is 5. The summed E-state index contributed by atoms with van der Waals surface area (Å²) in [5, 5.41) is 2.97. The average Bonchev–Trinajstić information content (AvgIpc) is 3.03. The zero-order valence-corrected chi connectivity index (χ0v) is 15.7. The van der Waals surface area contributed by atoms with Crippen molar-refractivity contribution >= 4 is 21.5 Å². The lowest BCUT2D eigenvalue weighted by atomic mass is 10.2. The van der Waals surface area contributed by atoms with Crippen molar-refractivity contribution in [3.63, 3.8) is 0 Å². The third-order valence-corrected chi connectivity index (χ3v) is 5.61. The highest BCUT2D eigenvalue weighted by Crippen LogP contribution is 2.22. The smallest absolute Gasteiger partial charge is 0.366 e. The standard InChI is InChI=1S/C17H17F5N4O2S/c18-14-3-1-11(7-15(14)19)25-29(27,28)13-2-4-16(23-8-13)24-12-5-6-26(9-12)10-17(20,21)22/h1-4,7-8,12,25H,5-6,9-10H2,(H,23,24). The van der Waals surface area contributed by atoms with Gasteiger partial charge < -0.3 is 5.32 Å². The molecule has 0 saturated carbocycles. The number of nitrogens with zero attached hydrogens (tertiary/aromatic N) is 2. The number of halogens is 5. The minimum atomic E-state index is -4.26. The summed E-state index contributed by atoms with van der Waals surface area (Å²) in [5.74, 6) is -1.99. The second-order valence-corrected chi connectivity index (χ2v) is 8.28. The Morgan fingerprint density at radius 1 is 1.14 bits per heavy atom. The third-order valence-electron chi connectivity index (χ3n) is 4.25. The van der Waals surface area contributed by atoms with Crippen molar-refractivity contribution in [3.05, 3.63) is 48.2 Å². The van der Waals surface area contributed by atoms with Crippen LogP contribution in [0, 0.1) is 11.6 Å². The number of hydrogen-bond donors (Lipinski definition) is 2. The molecule has 6 nitrogen and oxygen atoms in total. The van der Waals surface area contributed by atoms with E-state index in [2.05, 4.69) is 15.0 Å². The van der Waals surface area contributed by atoms with E-state index in [1.807, 2.05) is 0 Å². The van der Waals surface area contributed by atoms with Crippen molar-refractivity contribution in [2.24, 2.45) is 0 Å². The molecule has 2 aromatic rings. The van der Waals surface area contributed by atoms with E-state index in [9.17, 15) is 30.4 Å². The van der Waals surface area contributed by atoms with E-state index in [-0.39, 0.29) is 23.2 Å². The Bertz CT molecular complexity index is 967. The van der Waals surface area contributed by atoms with Crippen LogP contribution in [0.25, 0.3) is 0 Å². The van der Waals surface area contributed by atoms with Gasteiger partial charge in [-0.25, -0.2) is 22.2 Å². The van der Waals surface area contributed by atoms with Gasteiger partial charge >= 0.3 is 6.18 Å². The quantitative estimate of drug-likeness (QED) is 0.681. The Morgan fingerprint density at radius 3 is 2.52 bits per heavy atom. The van der Waals surface area contributed by atoms with E-state index in [0.717, 1.165) is 18.3 Å². The molecule has 158 valence electrons. The van der Waals surface area contributed by atoms with E-state index in [1.165, 1.54) is 17.0 Å². The molecule has 0 bridgehead atoms. The van der Waals surface area contributed by atoms with Crippen molar-refractivity contribution in [2.75, 3.05) is 29.7 Å². The fourth-order valence-electron chi connectivity index (χ4n) is 2.96. The SMILES string of the molecule is O=S(=O)(Nc1ccc(F)c(F)c1)c1ccc(NC2CCN(CC(F)(F)F)C2)nc1. The van der Waals surface area contributed by atoms with Gasteiger partial charge in [0.1, 0.15) is 10.7 Å². The Hall–Kier alpha value is -2.47. The molecule has 29 heavy (non-hydrogen) atoms. The highest BCUT2D eigenvalue weighted by atomic mass is 32.2. The van der Waals surface area contributed by atoms with Crippen LogP contribution in [-0.4, -0.2) is 50.2 Å². The van der Waals surface area contributed by atoms with Gasteiger partial charge in [0.2, 0.25) is 0 Å². The van der Waals surface area contributed by atoms with E-state index >= 15 is 0 Å². The van der Waals surface area contributed by atoms with Crippen molar-refractivity contribution < 1.29 is 30.4 Å². The molecular formula is C17H17F5N4O2S. The zero-order chi connectivity index (χ0) is 21.2. The van der Waals surface area contributed by atoms with Gasteiger partial charge in [0.25, 0.3) is 10.0 Å². The molecule has 1 aliphatic heterocycles. The lowest BCUT2D eigenvalue weighted by Gasteiger charge is -2.18. The predicted octanol–water partition coefficient (Wildman–Crippen LogP) is 3.21. The number of pyridine rings is 1. The van der Waals surface area contributed by atoms with Crippen LogP contribution in [0.5, 0.6) is 0 Å². The fraction of sp³-hybridized carbons (Fsp3) is 0.353. The predicted molar refractivity (Wildman–Crippen MR) is 95.9 cm³/mol. The molecule has 2 heterocycles.